The molecule has 1 heterocycles. The van der Waals surface area contributed by atoms with Crippen LogP contribution in [0.3, 0.4) is 0 Å². The fourth-order valence-corrected chi connectivity index (χ4v) is 2.99. The average Bonchev–Trinajstić information content (AvgIpc) is 2.88. The summed E-state index contributed by atoms with van der Waals surface area (Å²) in [6, 6.07) is 5.93. The van der Waals surface area contributed by atoms with Crippen molar-refractivity contribution in [2.75, 3.05) is 13.7 Å². The summed E-state index contributed by atoms with van der Waals surface area (Å²) in [7, 11) is 1.64. The Morgan fingerprint density at radius 1 is 1.47 bits per heavy atom. The standard InChI is InChI=1S/C14H17ClN2OS/c1-4-16-9(2)13-8-17-14(19-13)11-6-5-10(15)7-12(11)18-3/h5-9,16H,4H2,1-3H3. The van der Waals surface area contributed by atoms with Gasteiger partial charge in [0.25, 0.3) is 0 Å². The molecule has 0 saturated carbocycles. The summed E-state index contributed by atoms with van der Waals surface area (Å²) in [5.74, 6) is 0.754. The molecule has 102 valence electrons. The van der Waals surface area contributed by atoms with Crippen LogP contribution in [-0.2, 0) is 0 Å². The third kappa shape index (κ3) is 3.26. The molecule has 19 heavy (non-hydrogen) atoms. The maximum atomic E-state index is 5.97. The van der Waals surface area contributed by atoms with Gasteiger partial charge in [0.2, 0.25) is 0 Å². The quantitative estimate of drug-likeness (QED) is 0.900. The zero-order chi connectivity index (χ0) is 13.8. The fourth-order valence-electron chi connectivity index (χ4n) is 1.86. The van der Waals surface area contributed by atoms with Gasteiger partial charge in [-0.15, -0.1) is 11.3 Å². The summed E-state index contributed by atoms with van der Waals surface area (Å²) in [5, 5.41) is 5.00. The van der Waals surface area contributed by atoms with E-state index in [-0.39, 0.29) is 0 Å². The van der Waals surface area contributed by atoms with Gasteiger partial charge < -0.3 is 10.1 Å². The predicted octanol–water partition coefficient (Wildman–Crippen LogP) is 4.14. The Balaban J connectivity index is 2.32. The molecule has 0 aliphatic heterocycles. The summed E-state index contributed by atoms with van der Waals surface area (Å²) in [6.07, 6.45) is 1.92. The average molecular weight is 297 g/mol. The van der Waals surface area contributed by atoms with Gasteiger partial charge in [-0.2, -0.15) is 0 Å². The molecule has 0 bridgehead atoms. The highest BCUT2D eigenvalue weighted by Gasteiger charge is 2.13. The highest BCUT2D eigenvalue weighted by Crippen LogP contribution is 2.36. The minimum atomic E-state index is 0.314. The van der Waals surface area contributed by atoms with E-state index in [1.807, 2.05) is 24.4 Å². The Bertz CT molecular complexity index is 556. The van der Waals surface area contributed by atoms with Gasteiger partial charge in [0, 0.05) is 22.1 Å². The van der Waals surface area contributed by atoms with E-state index < -0.39 is 0 Å². The molecule has 3 nitrogen and oxygen atoms in total. The van der Waals surface area contributed by atoms with Crippen molar-refractivity contribution in [1.29, 1.82) is 0 Å². The van der Waals surface area contributed by atoms with Crippen LogP contribution in [0.5, 0.6) is 5.75 Å². The third-order valence-electron chi connectivity index (χ3n) is 2.85. The lowest BCUT2D eigenvalue weighted by Gasteiger charge is -2.08. The number of hydrogen-bond donors (Lipinski definition) is 1. The number of benzene rings is 1. The first-order chi connectivity index (χ1) is 9.15. The van der Waals surface area contributed by atoms with Crippen molar-refractivity contribution in [3.63, 3.8) is 0 Å². The van der Waals surface area contributed by atoms with E-state index in [9.17, 15) is 0 Å². The van der Waals surface area contributed by atoms with Gasteiger partial charge >= 0.3 is 0 Å². The van der Waals surface area contributed by atoms with Gasteiger partial charge in [0.1, 0.15) is 10.8 Å². The molecular formula is C14H17ClN2OS. The molecule has 0 amide bonds. The second kappa shape index (κ2) is 6.37. The summed E-state index contributed by atoms with van der Waals surface area (Å²) in [4.78, 5) is 5.70. The number of nitrogens with one attached hydrogen (secondary N) is 1. The summed E-state index contributed by atoms with van der Waals surface area (Å²) in [6.45, 7) is 5.18. The zero-order valence-corrected chi connectivity index (χ0v) is 12.8. The van der Waals surface area contributed by atoms with Crippen LogP contribution in [0.1, 0.15) is 24.8 Å². The van der Waals surface area contributed by atoms with Gasteiger partial charge in [0.15, 0.2) is 0 Å². The molecule has 0 spiro atoms. The maximum Gasteiger partial charge on any atom is 0.130 e. The van der Waals surface area contributed by atoms with E-state index in [0.29, 0.717) is 11.1 Å². The molecule has 0 radical (unpaired) electrons. The number of thiazole rings is 1. The van der Waals surface area contributed by atoms with Crippen LogP contribution in [0.4, 0.5) is 0 Å². The molecule has 1 aromatic carbocycles. The summed E-state index contributed by atoms with van der Waals surface area (Å²) < 4.78 is 5.36. The van der Waals surface area contributed by atoms with Crippen LogP contribution < -0.4 is 10.1 Å². The molecule has 0 aliphatic carbocycles. The van der Waals surface area contributed by atoms with Crippen molar-refractivity contribution in [2.24, 2.45) is 0 Å². The number of hydrogen-bond acceptors (Lipinski definition) is 4. The lowest BCUT2D eigenvalue weighted by molar-refractivity contribution is 0.416. The molecule has 0 saturated heterocycles. The van der Waals surface area contributed by atoms with Gasteiger partial charge in [-0.3, -0.25) is 0 Å². The topological polar surface area (TPSA) is 34.2 Å². The number of nitrogens with zero attached hydrogens (tertiary/aromatic N) is 1. The number of methoxy groups -OCH3 is 1. The van der Waals surface area contributed by atoms with Gasteiger partial charge in [-0.1, -0.05) is 18.5 Å². The van der Waals surface area contributed by atoms with Gasteiger partial charge in [-0.05, 0) is 31.7 Å². The Morgan fingerprint density at radius 3 is 2.95 bits per heavy atom. The van der Waals surface area contributed by atoms with Crippen molar-refractivity contribution >= 4 is 22.9 Å². The monoisotopic (exact) mass is 296 g/mol. The van der Waals surface area contributed by atoms with E-state index in [2.05, 4.69) is 24.1 Å². The van der Waals surface area contributed by atoms with Gasteiger partial charge in [-0.25, -0.2) is 4.98 Å². The van der Waals surface area contributed by atoms with E-state index in [1.165, 1.54) is 4.88 Å². The molecular weight excluding hydrogens is 280 g/mol. The van der Waals surface area contributed by atoms with Crippen molar-refractivity contribution in [3.8, 4) is 16.3 Å². The van der Waals surface area contributed by atoms with Crippen LogP contribution in [-0.4, -0.2) is 18.6 Å². The number of aromatic nitrogens is 1. The van der Waals surface area contributed by atoms with Crippen molar-refractivity contribution in [2.45, 2.75) is 19.9 Å². The predicted molar refractivity (Wildman–Crippen MR) is 81.2 cm³/mol. The van der Waals surface area contributed by atoms with Crippen LogP contribution in [0.15, 0.2) is 24.4 Å². The second-order valence-electron chi connectivity index (χ2n) is 4.19. The van der Waals surface area contributed by atoms with Crippen LogP contribution in [0, 0.1) is 0 Å². The third-order valence-corrected chi connectivity index (χ3v) is 4.30. The van der Waals surface area contributed by atoms with Crippen LogP contribution >= 0.6 is 22.9 Å². The zero-order valence-electron chi connectivity index (χ0n) is 11.2. The molecule has 0 aliphatic rings. The molecule has 1 N–H and O–H groups in total. The molecule has 2 rings (SSSR count). The summed E-state index contributed by atoms with van der Waals surface area (Å²) >= 11 is 7.65. The maximum absolute atomic E-state index is 5.97. The Morgan fingerprint density at radius 2 is 2.26 bits per heavy atom. The first-order valence-corrected chi connectivity index (χ1v) is 7.38. The molecule has 0 fully saturated rings. The van der Waals surface area contributed by atoms with Crippen LogP contribution in [0.2, 0.25) is 5.02 Å². The minimum absolute atomic E-state index is 0.314. The smallest absolute Gasteiger partial charge is 0.130 e. The van der Waals surface area contributed by atoms with Crippen molar-refractivity contribution in [1.82, 2.24) is 10.3 Å². The van der Waals surface area contributed by atoms with Crippen molar-refractivity contribution < 1.29 is 4.74 Å². The molecule has 1 aromatic heterocycles. The molecule has 1 unspecified atom stereocenters. The minimum Gasteiger partial charge on any atom is -0.496 e. The van der Waals surface area contributed by atoms with E-state index in [4.69, 9.17) is 16.3 Å². The van der Waals surface area contributed by atoms with Crippen LogP contribution in [0.25, 0.3) is 10.6 Å². The molecule has 1 atom stereocenters. The summed E-state index contributed by atoms with van der Waals surface area (Å²) in [5.41, 5.74) is 0.979. The van der Waals surface area contributed by atoms with E-state index in [0.717, 1.165) is 22.9 Å². The second-order valence-corrected chi connectivity index (χ2v) is 5.69. The van der Waals surface area contributed by atoms with Crippen molar-refractivity contribution in [3.05, 3.63) is 34.3 Å². The first-order valence-electron chi connectivity index (χ1n) is 6.18. The van der Waals surface area contributed by atoms with Gasteiger partial charge in [0.05, 0.1) is 12.7 Å². The number of halogens is 1. The SMILES string of the molecule is CCNC(C)c1cnc(-c2ccc(Cl)cc2OC)s1. The largest absolute Gasteiger partial charge is 0.496 e. The van der Waals surface area contributed by atoms with E-state index in [1.54, 1.807) is 18.4 Å². The Hall–Kier alpha value is -1.10. The number of ether oxygens (including phenoxy) is 1. The highest BCUT2D eigenvalue weighted by atomic mass is 35.5. The normalized spacial score (nSPS) is 12.4. The highest BCUT2D eigenvalue weighted by molar-refractivity contribution is 7.15. The molecule has 2 aromatic rings. The first kappa shape index (κ1) is 14.3. The molecule has 5 heteroatoms. The van der Waals surface area contributed by atoms with E-state index >= 15 is 0 Å². The lowest BCUT2D eigenvalue weighted by Crippen LogP contribution is -2.16. The Kier molecular flexibility index (Phi) is 4.80. The number of rotatable bonds is 5. The Labute approximate surface area is 122 Å². The lowest BCUT2D eigenvalue weighted by atomic mass is 10.2. The fraction of sp³-hybridized carbons (Fsp3) is 0.357.